The standard InChI is InChI=1S/C18H17N3O4/c19-15(11-21-20)17(14-9-5-2-6-10-14)18(23)25-24-16(12-22)13-7-3-1-4-8-13/h1-12,16H,19-20H2. The molecule has 0 bridgehead atoms. The number of aldehydes is 1. The topological polar surface area (TPSA) is 117 Å². The van der Waals surface area contributed by atoms with E-state index in [2.05, 4.69) is 5.10 Å². The van der Waals surface area contributed by atoms with Crippen LogP contribution in [-0.2, 0) is 19.4 Å². The van der Waals surface area contributed by atoms with Crippen molar-refractivity contribution in [3.8, 4) is 0 Å². The number of hydrazone groups is 1. The molecule has 0 saturated carbocycles. The first-order chi connectivity index (χ1) is 12.2. The van der Waals surface area contributed by atoms with Crippen molar-refractivity contribution in [1.82, 2.24) is 0 Å². The Balaban J connectivity index is 2.20. The van der Waals surface area contributed by atoms with Crippen molar-refractivity contribution >= 4 is 24.0 Å². The Hall–Kier alpha value is -3.45. The molecule has 0 aromatic heterocycles. The van der Waals surface area contributed by atoms with Gasteiger partial charge < -0.3 is 11.6 Å². The Morgan fingerprint density at radius 1 is 1.04 bits per heavy atom. The SMILES string of the molecule is NN=CC(N)=C(C(=O)OOC(C=O)c1ccccc1)c1ccccc1. The quantitative estimate of drug-likeness (QED) is 0.198. The Labute approximate surface area is 144 Å². The summed E-state index contributed by atoms with van der Waals surface area (Å²) < 4.78 is 0. The minimum Gasteiger partial charge on any atom is -0.397 e. The van der Waals surface area contributed by atoms with Crippen LogP contribution in [0.25, 0.3) is 5.57 Å². The molecule has 1 unspecified atom stereocenters. The van der Waals surface area contributed by atoms with Gasteiger partial charge >= 0.3 is 5.97 Å². The van der Waals surface area contributed by atoms with E-state index in [-0.39, 0.29) is 11.3 Å². The van der Waals surface area contributed by atoms with E-state index < -0.39 is 12.1 Å². The van der Waals surface area contributed by atoms with E-state index >= 15 is 0 Å². The third-order valence-corrected chi connectivity index (χ3v) is 3.25. The summed E-state index contributed by atoms with van der Waals surface area (Å²) >= 11 is 0. The predicted molar refractivity (Wildman–Crippen MR) is 92.7 cm³/mol. The Morgan fingerprint density at radius 2 is 1.64 bits per heavy atom. The highest BCUT2D eigenvalue weighted by Gasteiger charge is 2.21. The van der Waals surface area contributed by atoms with Crippen LogP contribution in [0, 0.1) is 0 Å². The molecule has 2 aromatic rings. The molecule has 0 radical (unpaired) electrons. The van der Waals surface area contributed by atoms with Crippen LogP contribution in [0.2, 0.25) is 0 Å². The van der Waals surface area contributed by atoms with Crippen molar-refractivity contribution in [1.29, 1.82) is 0 Å². The van der Waals surface area contributed by atoms with Gasteiger partial charge in [0.25, 0.3) is 0 Å². The summed E-state index contributed by atoms with van der Waals surface area (Å²) in [7, 11) is 0. The summed E-state index contributed by atoms with van der Waals surface area (Å²) in [5, 5.41) is 3.31. The van der Waals surface area contributed by atoms with Gasteiger partial charge in [-0.15, -0.1) is 0 Å². The number of hydrogen-bond acceptors (Lipinski definition) is 7. The predicted octanol–water partition coefficient (Wildman–Crippen LogP) is 1.72. The van der Waals surface area contributed by atoms with E-state index in [0.717, 1.165) is 6.21 Å². The second kappa shape index (κ2) is 8.99. The number of benzene rings is 2. The van der Waals surface area contributed by atoms with Crippen LogP contribution in [0.4, 0.5) is 0 Å². The smallest absolute Gasteiger partial charge is 0.375 e. The molecule has 2 aromatic carbocycles. The van der Waals surface area contributed by atoms with Crippen molar-refractivity contribution in [2.75, 3.05) is 0 Å². The monoisotopic (exact) mass is 339 g/mol. The summed E-state index contributed by atoms with van der Waals surface area (Å²) in [5.41, 5.74) is 6.91. The molecule has 2 rings (SSSR count). The first-order valence-corrected chi connectivity index (χ1v) is 7.33. The lowest BCUT2D eigenvalue weighted by molar-refractivity contribution is -0.286. The Morgan fingerprint density at radius 3 is 2.20 bits per heavy atom. The zero-order chi connectivity index (χ0) is 18.1. The molecule has 0 saturated heterocycles. The van der Waals surface area contributed by atoms with Gasteiger partial charge in [0.2, 0.25) is 0 Å². The normalized spacial score (nSPS) is 13.1. The minimum absolute atomic E-state index is 0.00432. The molecule has 0 aliphatic heterocycles. The van der Waals surface area contributed by atoms with Crippen molar-refractivity contribution < 1.29 is 19.4 Å². The molecule has 4 N–H and O–H groups in total. The highest BCUT2D eigenvalue weighted by Crippen LogP contribution is 2.20. The zero-order valence-electron chi connectivity index (χ0n) is 13.2. The first-order valence-electron chi connectivity index (χ1n) is 7.33. The average Bonchev–Trinajstić information content (AvgIpc) is 2.64. The average molecular weight is 339 g/mol. The molecule has 7 heteroatoms. The van der Waals surface area contributed by atoms with Crippen molar-refractivity contribution in [2.24, 2.45) is 16.7 Å². The molecule has 0 heterocycles. The van der Waals surface area contributed by atoms with Crippen molar-refractivity contribution in [3.63, 3.8) is 0 Å². The van der Waals surface area contributed by atoms with E-state index in [0.29, 0.717) is 17.4 Å². The highest BCUT2D eigenvalue weighted by molar-refractivity contribution is 6.21. The number of nitrogens with zero attached hydrogens (tertiary/aromatic N) is 1. The lowest BCUT2D eigenvalue weighted by Crippen LogP contribution is -2.17. The lowest BCUT2D eigenvalue weighted by Gasteiger charge is -2.12. The maximum atomic E-state index is 12.4. The van der Waals surface area contributed by atoms with Crippen LogP contribution in [0.3, 0.4) is 0 Å². The van der Waals surface area contributed by atoms with Gasteiger partial charge in [0, 0.05) is 0 Å². The lowest BCUT2D eigenvalue weighted by atomic mass is 10.0. The van der Waals surface area contributed by atoms with Gasteiger partial charge in [-0.25, -0.2) is 4.79 Å². The van der Waals surface area contributed by atoms with Crippen LogP contribution < -0.4 is 11.6 Å². The van der Waals surface area contributed by atoms with Crippen LogP contribution in [-0.4, -0.2) is 18.5 Å². The van der Waals surface area contributed by atoms with Gasteiger partial charge in [-0.05, 0) is 11.1 Å². The van der Waals surface area contributed by atoms with E-state index in [1.165, 1.54) is 0 Å². The molecule has 7 nitrogen and oxygen atoms in total. The van der Waals surface area contributed by atoms with E-state index in [4.69, 9.17) is 21.4 Å². The molecule has 1 atom stereocenters. The molecule has 0 spiro atoms. The summed E-state index contributed by atoms with van der Waals surface area (Å²) in [6.07, 6.45) is 0.601. The van der Waals surface area contributed by atoms with Crippen LogP contribution >= 0.6 is 0 Å². The van der Waals surface area contributed by atoms with Gasteiger partial charge in [0.15, 0.2) is 12.4 Å². The summed E-state index contributed by atoms with van der Waals surface area (Å²) in [6.45, 7) is 0. The van der Waals surface area contributed by atoms with Crippen molar-refractivity contribution in [2.45, 2.75) is 6.10 Å². The third kappa shape index (κ3) is 4.76. The zero-order valence-corrected chi connectivity index (χ0v) is 13.2. The van der Waals surface area contributed by atoms with Gasteiger partial charge in [0.05, 0.1) is 17.5 Å². The molecular weight excluding hydrogens is 322 g/mol. The van der Waals surface area contributed by atoms with Gasteiger partial charge in [0.1, 0.15) is 0 Å². The molecule has 25 heavy (non-hydrogen) atoms. The van der Waals surface area contributed by atoms with Crippen LogP contribution in [0.1, 0.15) is 17.2 Å². The van der Waals surface area contributed by atoms with E-state index in [1.807, 2.05) is 0 Å². The van der Waals surface area contributed by atoms with E-state index in [9.17, 15) is 9.59 Å². The largest absolute Gasteiger partial charge is 0.397 e. The number of nitrogens with two attached hydrogens (primary N) is 2. The maximum absolute atomic E-state index is 12.4. The maximum Gasteiger partial charge on any atom is 0.375 e. The fourth-order valence-corrected chi connectivity index (χ4v) is 2.09. The molecule has 128 valence electrons. The Kier molecular flexibility index (Phi) is 6.44. The highest BCUT2D eigenvalue weighted by atomic mass is 17.2. The van der Waals surface area contributed by atoms with Gasteiger partial charge in [-0.2, -0.15) is 9.99 Å². The second-order valence-electron chi connectivity index (χ2n) is 4.91. The molecule has 0 aliphatic carbocycles. The third-order valence-electron chi connectivity index (χ3n) is 3.25. The number of carbonyl (C=O) groups excluding carboxylic acids is 2. The minimum atomic E-state index is -1.05. The Bertz CT molecular complexity index is 773. The van der Waals surface area contributed by atoms with Crippen LogP contribution in [0.15, 0.2) is 71.5 Å². The van der Waals surface area contributed by atoms with Gasteiger partial charge in [-0.1, -0.05) is 60.7 Å². The van der Waals surface area contributed by atoms with Crippen molar-refractivity contribution in [3.05, 3.63) is 77.5 Å². The fourth-order valence-electron chi connectivity index (χ4n) is 2.09. The van der Waals surface area contributed by atoms with E-state index in [1.54, 1.807) is 60.7 Å². The first kappa shape index (κ1) is 17.9. The number of carbonyl (C=O) groups is 2. The summed E-state index contributed by atoms with van der Waals surface area (Å²) in [5.74, 6) is 4.22. The molecular formula is C18H17N3O4. The van der Waals surface area contributed by atoms with Crippen LogP contribution in [0.5, 0.6) is 0 Å². The molecule has 0 amide bonds. The number of hydrogen-bond donors (Lipinski definition) is 2. The summed E-state index contributed by atoms with van der Waals surface area (Å²) in [6, 6.07) is 17.2. The van der Waals surface area contributed by atoms with Gasteiger partial charge in [-0.3, -0.25) is 9.68 Å². The second-order valence-corrected chi connectivity index (χ2v) is 4.91. The fraction of sp³-hybridized carbons (Fsp3) is 0.0556. The molecule has 0 aliphatic rings. The molecule has 0 fully saturated rings. The number of allylic oxidation sites excluding steroid dienone is 1. The number of rotatable bonds is 7. The summed E-state index contributed by atoms with van der Waals surface area (Å²) in [4.78, 5) is 33.4.